The summed E-state index contributed by atoms with van der Waals surface area (Å²) in [6.07, 6.45) is 1.75. The minimum absolute atomic E-state index is 0.0820. The van der Waals surface area contributed by atoms with Gasteiger partial charge in [-0.25, -0.2) is 9.97 Å². The molecule has 0 unspecified atom stereocenters. The molecule has 0 spiro atoms. The third-order valence-electron chi connectivity index (χ3n) is 2.66. The van der Waals surface area contributed by atoms with E-state index in [0.29, 0.717) is 12.5 Å². The number of aromatic nitrogens is 2. The average molecular weight is 225 g/mol. The van der Waals surface area contributed by atoms with Crippen LogP contribution in [-0.4, -0.2) is 39.9 Å². The monoisotopic (exact) mass is 225 g/mol. The van der Waals surface area contributed by atoms with E-state index in [1.807, 2.05) is 13.8 Å². The Bertz CT molecular complexity index is 351. The summed E-state index contributed by atoms with van der Waals surface area (Å²) in [5.74, 6) is 0.524. The van der Waals surface area contributed by atoms with Crippen molar-refractivity contribution in [2.45, 2.75) is 20.8 Å². The molecule has 0 aromatic carbocycles. The smallest absolute Gasteiger partial charge is 0.222 e. The Kier molecular flexibility index (Phi) is 4.20. The zero-order valence-corrected chi connectivity index (χ0v) is 9.99. The number of hydrogen-bond donors (Lipinski definition) is 3. The Balaban J connectivity index is 2.64. The van der Waals surface area contributed by atoms with Crippen molar-refractivity contribution in [1.82, 2.24) is 9.97 Å². The van der Waals surface area contributed by atoms with Crippen molar-refractivity contribution in [1.29, 1.82) is 0 Å². The molecule has 0 saturated heterocycles. The molecule has 0 aliphatic rings. The lowest BCUT2D eigenvalue weighted by Crippen LogP contribution is -2.34. The second-order valence-corrected chi connectivity index (χ2v) is 4.44. The summed E-state index contributed by atoms with van der Waals surface area (Å²) in [5.41, 5.74) is 1.41. The van der Waals surface area contributed by atoms with Crippen molar-refractivity contribution in [2.75, 3.05) is 25.1 Å². The summed E-state index contributed by atoms with van der Waals surface area (Å²) in [4.78, 5) is 8.38. The van der Waals surface area contributed by atoms with Crippen LogP contribution in [0.2, 0.25) is 0 Å². The van der Waals surface area contributed by atoms with Gasteiger partial charge < -0.3 is 15.5 Å². The molecule has 0 aliphatic heterocycles. The van der Waals surface area contributed by atoms with E-state index in [2.05, 4.69) is 15.3 Å². The number of anilines is 1. The Morgan fingerprint density at radius 2 is 1.94 bits per heavy atom. The maximum absolute atomic E-state index is 9.12. The van der Waals surface area contributed by atoms with E-state index in [-0.39, 0.29) is 13.2 Å². The fraction of sp³-hybridized carbons (Fsp3) is 0.636. The molecule has 0 radical (unpaired) electrons. The minimum Gasteiger partial charge on any atom is -0.396 e. The predicted molar refractivity (Wildman–Crippen MR) is 62.3 cm³/mol. The predicted octanol–water partition coefficient (Wildman–Crippen LogP) is 0.496. The summed E-state index contributed by atoms with van der Waals surface area (Å²) in [5, 5.41) is 21.3. The summed E-state index contributed by atoms with van der Waals surface area (Å²) >= 11 is 0. The minimum atomic E-state index is -0.553. The van der Waals surface area contributed by atoms with Gasteiger partial charge in [-0.15, -0.1) is 0 Å². The molecule has 0 aliphatic carbocycles. The number of rotatable bonds is 5. The SMILES string of the molecule is Cc1cnc(NCC(C)(CO)CO)nc1C. The van der Waals surface area contributed by atoms with Gasteiger partial charge in [-0.3, -0.25) is 0 Å². The molecule has 1 aromatic rings. The second kappa shape index (κ2) is 5.23. The largest absolute Gasteiger partial charge is 0.396 e. The zero-order chi connectivity index (χ0) is 12.2. The third-order valence-corrected chi connectivity index (χ3v) is 2.66. The first-order chi connectivity index (χ1) is 7.50. The Morgan fingerprint density at radius 1 is 1.31 bits per heavy atom. The van der Waals surface area contributed by atoms with Gasteiger partial charge in [-0.2, -0.15) is 0 Å². The molecule has 0 atom stereocenters. The fourth-order valence-electron chi connectivity index (χ4n) is 1.07. The molecular weight excluding hydrogens is 206 g/mol. The van der Waals surface area contributed by atoms with Crippen molar-refractivity contribution < 1.29 is 10.2 Å². The number of aryl methyl sites for hydroxylation is 2. The van der Waals surface area contributed by atoms with Crippen LogP contribution >= 0.6 is 0 Å². The molecule has 5 heteroatoms. The third kappa shape index (κ3) is 3.15. The molecule has 0 fully saturated rings. The van der Waals surface area contributed by atoms with E-state index < -0.39 is 5.41 Å². The normalized spacial score (nSPS) is 11.6. The van der Waals surface area contributed by atoms with Crippen molar-refractivity contribution in [3.63, 3.8) is 0 Å². The number of nitrogens with zero attached hydrogens (tertiary/aromatic N) is 2. The summed E-state index contributed by atoms with van der Waals surface area (Å²) in [6, 6.07) is 0. The van der Waals surface area contributed by atoms with E-state index in [4.69, 9.17) is 10.2 Å². The van der Waals surface area contributed by atoms with Crippen LogP contribution in [-0.2, 0) is 0 Å². The summed E-state index contributed by atoms with van der Waals surface area (Å²) < 4.78 is 0. The summed E-state index contributed by atoms with van der Waals surface area (Å²) in [6.45, 7) is 5.93. The Morgan fingerprint density at radius 3 is 2.44 bits per heavy atom. The topological polar surface area (TPSA) is 78.3 Å². The highest BCUT2D eigenvalue weighted by Gasteiger charge is 2.22. The van der Waals surface area contributed by atoms with Gasteiger partial charge >= 0.3 is 0 Å². The lowest BCUT2D eigenvalue weighted by atomic mass is 9.93. The second-order valence-electron chi connectivity index (χ2n) is 4.44. The first kappa shape index (κ1) is 12.9. The number of nitrogens with one attached hydrogen (secondary N) is 1. The Hall–Kier alpha value is -1.20. The van der Waals surface area contributed by atoms with Crippen LogP contribution in [0.15, 0.2) is 6.20 Å². The molecular formula is C11H19N3O2. The molecule has 1 rings (SSSR count). The van der Waals surface area contributed by atoms with E-state index >= 15 is 0 Å². The first-order valence-corrected chi connectivity index (χ1v) is 5.26. The van der Waals surface area contributed by atoms with Gasteiger partial charge in [0.15, 0.2) is 0 Å². The number of aliphatic hydroxyl groups excluding tert-OH is 2. The average Bonchev–Trinajstić information content (AvgIpc) is 2.30. The van der Waals surface area contributed by atoms with Crippen molar-refractivity contribution in [3.8, 4) is 0 Å². The van der Waals surface area contributed by atoms with Gasteiger partial charge in [0.2, 0.25) is 5.95 Å². The van der Waals surface area contributed by atoms with Crippen LogP contribution in [0.5, 0.6) is 0 Å². The quantitative estimate of drug-likeness (QED) is 0.680. The van der Waals surface area contributed by atoms with Crippen molar-refractivity contribution >= 4 is 5.95 Å². The first-order valence-electron chi connectivity index (χ1n) is 5.26. The standard InChI is InChI=1S/C11H19N3O2/c1-8-4-12-10(14-9(8)2)13-5-11(3,6-15)7-16/h4,15-16H,5-7H2,1-3H3,(H,12,13,14). The van der Waals surface area contributed by atoms with Crippen molar-refractivity contribution in [2.24, 2.45) is 5.41 Å². The number of aliphatic hydroxyl groups is 2. The molecule has 0 saturated carbocycles. The van der Waals surface area contributed by atoms with Gasteiger partial charge in [0.1, 0.15) is 0 Å². The number of hydrogen-bond acceptors (Lipinski definition) is 5. The lowest BCUT2D eigenvalue weighted by molar-refractivity contribution is 0.0805. The highest BCUT2D eigenvalue weighted by atomic mass is 16.3. The van der Waals surface area contributed by atoms with Gasteiger partial charge in [0, 0.05) is 23.9 Å². The van der Waals surface area contributed by atoms with Crippen LogP contribution in [0.3, 0.4) is 0 Å². The molecule has 3 N–H and O–H groups in total. The van der Waals surface area contributed by atoms with Crippen molar-refractivity contribution in [3.05, 3.63) is 17.5 Å². The van der Waals surface area contributed by atoms with E-state index in [9.17, 15) is 0 Å². The molecule has 90 valence electrons. The van der Waals surface area contributed by atoms with E-state index in [1.165, 1.54) is 0 Å². The fourth-order valence-corrected chi connectivity index (χ4v) is 1.07. The lowest BCUT2D eigenvalue weighted by Gasteiger charge is -2.24. The van der Waals surface area contributed by atoms with Gasteiger partial charge in [0.05, 0.1) is 13.2 Å². The molecule has 0 amide bonds. The molecule has 5 nitrogen and oxygen atoms in total. The van der Waals surface area contributed by atoms with Crippen LogP contribution in [0.1, 0.15) is 18.2 Å². The molecule has 1 aromatic heterocycles. The van der Waals surface area contributed by atoms with Gasteiger partial charge in [-0.1, -0.05) is 6.92 Å². The van der Waals surface area contributed by atoms with Crippen LogP contribution in [0.25, 0.3) is 0 Å². The van der Waals surface area contributed by atoms with Gasteiger partial charge in [-0.05, 0) is 19.4 Å². The van der Waals surface area contributed by atoms with Crippen LogP contribution < -0.4 is 5.32 Å². The van der Waals surface area contributed by atoms with E-state index in [0.717, 1.165) is 11.3 Å². The van der Waals surface area contributed by atoms with Crippen LogP contribution in [0, 0.1) is 19.3 Å². The summed E-state index contributed by atoms with van der Waals surface area (Å²) in [7, 11) is 0. The maximum atomic E-state index is 9.12. The molecule has 0 bridgehead atoms. The molecule has 16 heavy (non-hydrogen) atoms. The molecule has 1 heterocycles. The zero-order valence-electron chi connectivity index (χ0n) is 9.99. The van der Waals surface area contributed by atoms with Gasteiger partial charge in [0.25, 0.3) is 0 Å². The van der Waals surface area contributed by atoms with E-state index in [1.54, 1.807) is 13.1 Å². The maximum Gasteiger partial charge on any atom is 0.222 e. The highest BCUT2D eigenvalue weighted by Crippen LogP contribution is 2.14. The highest BCUT2D eigenvalue weighted by molar-refractivity contribution is 5.28. The Labute approximate surface area is 95.6 Å². The van der Waals surface area contributed by atoms with Crippen LogP contribution in [0.4, 0.5) is 5.95 Å².